The van der Waals surface area contributed by atoms with Crippen molar-refractivity contribution in [1.82, 2.24) is 0 Å². The summed E-state index contributed by atoms with van der Waals surface area (Å²) in [6, 6.07) is 2.36. The minimum Gasteiger partial charge on any atom is -0.323 e. The predicted octanol–water partition coefficient (Wildman–Crippen LogP) is 2.45. The molecule has 0 aliphatic rings. The summed E-state index contributed by atoms with van der Waals surface area (Å²) in [7, 11) is 0. The van der Waals surface area contributed by atoms with Crippen LogP contribution in [-0.2, 0) is 6.18 Å². The van der Waals surface area contributed by atoms with E-state index >= 15 is 0 Å². The first-order valence-corrected chi connectivity index (χ1v) is 3.97. The maximum absolute atomic E-state index is 13.3. The van der Waals surface area contributed by atoms with Crippen molar-refractivity contribution in [2.75, 3.05) is 0 Å². The lowest BCUT2D eigenvalue weighted by Crippen LogP contribution is -2.12. The molecule has 1 rings (SSSR count). The minimum atomic E-state index is -4.72. The highest BCUT2D eigenvalue weighted by Gasteiger charge is 2.36. The summed E-state index contributed by atoms with van der Waals surface area (Å²) in [5.74, 6) is 3.40. The number of nitrogens with zero attached hydrogens (tertiary/aromatic N) is 1. The molecule has 15 heavy (non-hydrogen) atoms. The zero-order valence-electron chi connectivity index (χ0n) is 7.77. The van der Waals surface area contributed by atoms with Gasteiger partial charge in [-0.25, -0.2) is 4.39 Å². The van der Waals surface area contributed by atoms with E-state index in [9.17, 15) is 17.6 Å². The number of aryl methyl sites for hydroxylation is 1. The van der Waals surface area contributed by atoms with Crippen LogP contribution in [-0.4, -0.2) is 6.21 Å². The van der Waals surface area contributed by atoms with Gasteiger partial charge in [0.1, 0.15) is 5.82 Å². The second-order valence-electron chi connectivity index (χ2n) is 2.94. The Labute approximate surface area is 83.4 Å². The van der Waals surface area contributed by atoms with E-state index in [2.05, 4.69) is 5.10 Å². The van der Waals surface area contributed by atoms with Crippen molar-refractivity contribution in [3.05, 3.63) is 34.6 Å². The van der Waals surface area contributed by atoms with Gasteiger partial charge in [0.05, 0.1) is 11.8 Å². The number of hydrazone groups is 1. The number of halogens is 4. The van der Waals surface area contributed by atoms with Crippen LogP contribution in [0.3, 0.4) is 0 Å². The summed E-state index contributed by atoms with van der Waals surface area (Å²) < 4.78 is 50.6. The van der Waals surface area contributed by atoms with E-state index < -0.39 is 17.6 Å². The normalized spacial score (nSPS) is 12.3. The van der Waals surface area contributed by atoms with Crippen molar-refractivity contribution in [2.24, 2.45) is 10.9 Å². The first-order valence-electron chi connectivity index (χ1n) is 3.97. The Balaban J connectivity index is 3.43. The molecule has 0 spiro atoms. The van der Waals surface area contributed by atoms with Crippen LogP contribution < -0.4 is 5.84 Å². The Morgan fingerprint density at radius 2 is 1.93 bits per heavy atom. The summed E-state index contributed by atoms with van der Waals surface area (Å²) in [6.07, 6.45) is -3.88. The van der Waals surface area contributed by atoms with Crippen LogP contribution in [0.2, 0.25) is 0 Å². The minimum absolute atomic E-state index is 0.172. The van der Waals surface area contributed by atoms with Crippen molar-refractivity contribution in [3.63, 3.8) is 0 Å². The zero-order valence-corrected chi connectivity index (χ0v) is 7.77. The molecule has 2 nitrogen and oxygen atoms in total. The van der Waals surface area contributed by atoms with Crippen molar-refractivity contribution in [2.45, 2.75) is 13.1 Å². The zero-order chi connectivity index (χ0) is 11.6. The number of rotatable bonds is 1. The first kappa shape index (κ1) is 11.5. The molecule has 0 radical (unpaired) electrons. The molecule has 0 bridgehead atoms. The van der Waals surface area contributed by atoms with Crippen LogP contribution in [0.5, 0.6) is 0 Å². The van der Waals surface area contributed by atoms with Gasteiger partial charge in [-0.15, -0.1) is 0 Å². The topological polar surface area (TPSA) is 38.4 Å². The van der Waals surface area contributed by atoms with Gasteiger partial charge in [0.25, 0.3) is 0 Å². The van der Waals surface area contributed by atoms with E-state index in [-0.39, 0.29) is 11.1 Å². The molecule has 0 heterocycles. The molecule has 0 unspecified atom stereocenters. The fourth-order valence-corrected chi connectivity index (χ4v) is 1.22. The van der Waals surface area contributed by atoms with Gasteiger partial charge < -0.3 is 5.84 Å². The average Bonchev–Trinajstić information content (AvgIpc) is 2.08. The highest BCUT2D eigenvalue weighted by molar-refractivity contribution is 5.80. The number of hydrogen-bond acceptors (Lipinski definition) is 2. The fourth-order valence-electron chi connectivity index (χ4n) is 1.22. The van der Waals surface area contributed by atoms with Gasteiger partial charge in [0.2, 0.25) is 0 Å². The summed E-state index contributed by atoms with van der Waals surface area (Å²) in [6.45, 7) is 1.19. The maximum atomic E-state index is 13.3. The second-order valence-corrected chi connectivity index (χ2v) is 2.94. The van der Waals surface area contributed by atoms with Gasteiger partial charge in [-0.3, -0.25) is 0 Å². The Bertz CT molecular complexity index is 396. The molecule has 0 aliphatic heterocycles. The van der Waals surface area contributed by atoms with E-state index in [1.165, 1.54) is 19.1 Å². The summed E-state index contributed by atoms with van der Waals surface area (Å²) in [5, 5.41) is 2.99. The van der Waals surface area contributed by atoms with E-state index in [0.717, 1.165) is 6.21 Å². The third kappa shape index (κ3) is 2.26. The summed E-state index contributed by atoms with van der Waals surface area (Å²) in [4.78, 5) is 0. The molecular weight excluding hydrogens is 212 g/mol. The lowest BCUT2D eigenvalue weighted by atomic mass is 10.0. The van der Waals surface area contributed by atoms with Gasteiger partial charge in [0.15, 0.2) is 0 Å². The monoisotopic (exact) mass is 220 g/mol. The highest BCUT2D eigenvalue weighted by Crippen LogP contribution is 2.34. The van der Waals surface area contributed by atoms with Gasteiger partial charge >= 0.3 is 6.18 Å². The Kier molecular flexibility index (Phi) is 2.97. The quantitative estimate of drug-likeness (QED) is 0.335. The lowest BCUT2D eigenvalue weighted by molar-refractivity contribution is -0.140. The van der Waals surface area contributed by atoms with Gasteiger partial charge in [0, 0.05) is 5.56 Å². The molecule has 0 amide bonds. The average molecular weight is 220 g/mol. The van der Waals surface area contributed by atoms with Crippen LogP contribution in [0.1, 0.15) is 16.7 Å². The molecule has 1 aromatic carbocycles. The molecule has 6 heteroatoms. The molecule has 82 valence electrons. The molecule has 0 aromatic heterocycles. The van der Waals surface area contributed by atoms with Crippen molar-refractivity contribution in [3.8, 4) is 0 Å². The van der Waals surface area contributed by atoms with Gasteiger partial charge in [-0.05, 0) is 12.5 Å². The number of hydrogen-bond donors (Lipinski definition) is 1. The molecule has 0 fully saturated rings. The predicted molar refractivity (Wildman–Crippen MR) is 47.9 cm³/mol. The largest absolute Gasteiger partial charge is 0.419 e. The van der Waals surface area contributed by atoms with Crippen LogP contribution in [0, 0.1) is 12.7 Å². The van der Waals surface area contributed by atoms with Crippen molar-refractivity contribution >= 4 is 6.21 Å². The van der Waals surface area contributed by atoms with Crippen molar-refractivity contribution in [1.29, 1.82) is 0 Å². The number of nitrogens with two attached hydrogens (primary N) is 1. The van der Waals surface area contributed by atoms with Crippen LogP contribution in [0.25, 0.3) is 0 Å². The smallest absolute Gasteiger partial charge is 0.323 e. The fraction of sp³-hybridized carbons (Fsp3) is 0.222. The van der Waals surface area contributed by atoms with Crippen LogP contribution in [0.4, 0.5) is 17.6 Å². The van der Waals surface area contributed by atoms with E-state index in [1.54, 1.807) is 0 Å². The maximum Gasteiger partial charge on any atom is 0.419 e. The molecule has 1 aromatic rings. The second kappa shape index (κ2) is 3.88. The standard InChI is InChI=1S/C9H8F4N2/c1-5-2-3-6(4-15-14)8(10)7(5)9(11,12)13/h2-4H,14H2,1H3. The van der Waals surface area contributed by atoms with Crippen LogP contribution >= 0.6 is 0 Å². The summed E-state index contributed by atoms with van der Waals surface area (Å²) in [5.41, 5.74) is -1.73. The van der Waals surface area contributed by atoms with Crippen LogP contribution in [0.15, 0.2) is 17.2 Å². The third-order valence-electron chi connectivity index (χ3n) is 1.88. The molecule has 0 saturated heterocycles. The Morgan fingerprint density at radius 1 is 1.33 bits per heavy atom. The van der Waals surface area contributed by atoms with Crippen molar-refractivity contribution < 1.29 is 17.6 Å². The van der Waals surface area contributed by atoms with E-state index in [0.29, 0.717) is 0 Å². The molecule has 0 atom stereocenters. The van der Waals surface area contributed by atoms with Gasteiger partial charge in [-0.1, -0.05) is 12.1 Å². The SMILES string of the molecule is Cc1ccc(C=NN)c(F)c1C(F)(F)F. The lowest BCUT2D eigenvalue weighted by Gasteiger charge is -2.12. The Hall–Kier alpha value is -1.59. The first-order chi connectivity index (χ1) is 6.88. The molecule has 0 aliphatic carbocycles. The summed E-state index contributed by atoms with van der Waals surface area (Å²) >= 11 is 0. The molecule has 0 saturated carbocycles. The highest BCUT2D eigenvalue weighted by atomic mass is 19.4. The number of alkyl halides is 3. The van der Waals surface area contributed by atoms with Gasteiger partial charge in [-0.2, -0.15) is 18.3 Å². The molecule has 2 N–H and O–H groups in total. The third-order valence-corrected chi connectivity index (χ3v) is 1.88. The van der Waals surface area contributed by atoms with E-state index in [4.69, 9.17) is 5.84 Å². The Morgan fingerprint density at radius 3 is 2.40 bits per heavy atom. The molecular formula is C9H8F4N2. The number of benzene rings is 1. The van der Waals surface area contributed by atoms with E-state index in [1.807, 2.05) is 0 Å².